The predicted octanol–water partition coefficient (Wildman–Crippen LogP) is 2.56. The van der Waals surface area contributed by atoms with E-state index in [0.29, 0.717) is 6.42 Å². The fourth-order valence-electron chi connectivity index (χ4n) is 2.64. The molecule has 0 spiro atoms. The van der Waals surface area contributed by atoms with Crippen molar-refractivity contribution in [2.24, 2.45) is 5.92 Å². The third-order valence-electron chi connectivity index (χ3n) is 4.19. The Morgan fingerprint density at radius 1 is 1.32 bits per heavy atom. The van der Waals surface area contributed by atoms with Crippen molar-refractivity contribution in [3.05, 3.63) is 29.8 Å². The highest BCUT2D eigenvalue weighted by molar-refractivity contribution is 5.84. The molecule has 1 fully saturated rings. The lowest BCUT2D eigenvalue weighted by molar-refractivity contribution is -0.142. The summed E-state index contributed by atoms with van der Waals surface area (Å²) in [5.74, 6) is -0.167. The van der Waals surface area contributed by atoms with Crippen molar-refractivity contribution in [1.82, 2.24) is 5.32 Å². The maximum absolute atomic E-state index is 12.2. The number of rotatable bonds is 8. The number of nitrogens with one attached hydrogen (secondary N) is 1. The molecule has 0 aliphatic heterocycles. The molecule has 0 radical (unpaired) electrons. The van der Waals surface area contributed by atoms with E-state index < -0.39 is 12.0 Å². The molecule has 0 saturated heterocycles. The van der Waals surface area contributed by atoms with Gasteiger partial charge >= 0.3 is 5.97 Å². The molecule has 22 heavy (non-hydrogen) atoms. The van der Waals surface area contributed by atoms with Crippen LogP contribution in [0, 0.1) is 5.92 Å². The van der Waals surface area contributed by atoms with Crippen molar-refractivity contribution in [3.63, 3.8) is 0 Å². The minimum absolute atomic E-state index is 0.0829. The Labute approximate surface area is 130 Å². The van der Waals surface area contributed by atoms with Crippen molar-refractivity contribution >= 4 is 11.9 Å². The topological polar surface area (TPSA) is 75.6 Å². The molecular formula is C17H23NO4. The molecule has 1 aromatic carbocycles. The number of hydrogen-bond donors (Lipinski definition) is 2. The number of aliphatic carboxylic acids is 1. The van der Waals surface area contributed by atoms with Crippen LogP contribution in [-0.4, -0.2) is 30.1 Å². The molecule has 1 aliphatic rings. The van der Waals surface area contributed by atoms with Gasteiger partial charge in [-0.2, -0.15) is 0 Å². The Kier molecular flexibility index (Phi) is 5.41. The average molecular weight is 305 g/mol. The first-order chi connectivity index (χ1) is 10.5. The number of carbonyl (C=O) groups excluding carboxylic acids is 1. The summed E-state index contributed by atoms with van der Waals surface area (Å²) in [7, 11) is 1.61. The molecule has 5 heteroatoms. The van der Waals surface area contributed by atoms with Gasteiger partial charge in [-0.3, -0.25) is 4.79 Å². The SMILES string of the molecule is CCC(CC(=O)NC(C(=O)O)C1CC1)c1ccc(OC)cc1. The third-order valence-corrected chi connectivity index (χ3v) is 4.19. The van der Waals surface area contributed by atoms with E-state index in [4.69, 9.17) is 9.84 Å². The van der Waals surface area contributed by atoms with Crippen molar-refractivity contribution < 1.29 is 19.4 Å². The number of amides is 1. The lowest BCUT2D eigenvalue weighted by atomic mass is 9.92. The van der Waals surface area contributed by atoms with Gasteiger partial charge in [0.25, 0.3) is 0 Å². The van der Waals surface area contributed by atoms with E-state index in [9.17, 15) is 9.59 Å². The van der Waals surface area contributed by atoms with Crippen LogP contribution in [0.3, 0.4) is 0 Å². The highest BCUT2D eigenvalue weighted by Crippen LogP contribution is 2.33. The number of carboxylic acid groups (broad SMARTS) is 1. The number of ether oxygens (including phenoxy) is 1. The van der Waals surface area contributed by atoms with E-state index in [1.54, 1.807) is 7.11 Å². The van der Waals surface area contributed by atoms with E-state index in [0.717, 1.165) is 30.6 Å². The number of methoxy groups -OCH3 is 1. The molecular weight excluding hydrogens is 282 g/mol. The molecule has 1 saturated carbocycles. The van der Waals surface area contributed by atoms with Gasteiger partial charge in [-0.15, -0.1) is 0 Å². The van der Waals surface area contributed by atoms with Crippen LogP contribution >= 0.6 is 0 Å². The van der Waals surface area contributed by atoms with Gasteiger partial charge in [0.2, 0.25) is 5.91 Å². The Bertz CT molecular complexity index is 522. The molecule has 0 heterocycles. The standard InChI is InChI=1S/C17H23NO4/c1-3-11(12-6-8-14(22-2)9-7-12)10-15(19)18-16(17(20)21)13-4-5-13/h6-9,11,13,16H,3-5,10H2,1-2H3,(H,18,19)(H,20,21). The van der Waals surface area contributed by atoms with Crippen molar-refractivity contribution in [2.75, 3.05) is 7.11 Å². The summed E-state index contributed by atoms with van der Waals surface area (Å²) in [4.78, 5) is 23.3. The Morgan fingerprint density at radius 2 is 1.95 bits per heavy atom. The van der Waals surface area contributed by atoms with Gasteiger partial charge in [-0.05, 0) is 48.8 Å². The Hall–Kier alpha value is -2.04. The zero-order chi connectivity index (χ0) is 16.1. The zero-order valence-electron chi connectivity index (χ0n) is 13.0. The van der Waals surface area contributed by atoms with Crippen LogP contribution < -0.4 is 10.1 Å². The zero-order valence-corrected chi connectivity index (χ0v) is 13.0. The van der Waals surface area contributed by atoms with Gasteiger partial charge in [-0.25, -0.2) is 4.79 Å². The number of carboxylic acids is 1. The first-order valence-electron chi connectivity index (χ1n) is 7.71. The number of carbonyl (C=O) groups is 2. The largest absolute Gasteiger partial charge is 0.497 e. The van der Waals surface area contributed by atoms with Crippen molar-refractivity contribution in [2.45, 2.75) is 44.6 Å². The van der Waals surface area contributed by atoms with E-state index in [2.05, 4.69) is 5.32 Å². The van der Waals surface area contributed by atoms with Crippen molar-refractivity contribution in [3.8, 4) is 5.75 Å². The molecule has 0 bridgehead atoms. The number of hydrogen-bond acceptors (Lipinski definition) is 3. The van der Waals surface area contributed by atoms with E-state index in [-0.39, 0.29) is 17.7 Å². The summed E-state index contributed by atoms with van der Waals surface area (Å²) in [6.45, 7) is 2.03. The fourth-order valence-corrected chi connectivity index (χ4v) is 2.64. The summed E-state index contributed by atoms with van der Waals surface area (Å²) in [6.07, 6.45) is 2.89. The molecule has 1 amide bonds. The summed E-state index contributed by atoms with van der Waals surface area (Å²) < 4.78 is 5.13. The summed E-state index contributed by atoms with van der Waals surface area (Å²) in [5.41, 5.74) is 1.07. The minimum Gasteiger partial charge on any atom is -0.497 e. The summed E-state index contributed by atoms with van der Waals surface area (Å²) in [6, 6.07) is 6.92. The summed E-state index contributed by atoms with van der Waals surface area (Å²) >= 11 is 0. The lowest BCUT2D eigenvalue weighted by Crippen LogP contribution is -2.42. The predicted molar refractivity (Wildman–Crippen MR) is 82.9 cm³/mol. The first kappa shape index (κ1) is 16.3. The second kappa shape index (κ2) is 7.29. The molecule has 1 aromatic rings. The van der Waals surface area contributed by atoms with Crippen molar-refractivity contribution in [1.29, 1.82) is 0 Å². The molecule has 2 unspecified atom stereocenters. The van der Waals surface area contributed by atoms with Gasteiger partial charge in [0.05, 0.1) is 7.11 Å². The van der Waals surface area contributed by atoms with Crippen LogP contribution in [0.4, 0.5) is 0 Å². The van der Waals surface area contributed by atoms with Gasteiger partial charge in [-0.1, -0.05) is 19.1 Å². The van der Waals surface area contributed by atoms with Crippen LogP contribution in [0.5, 0.6) is 5.75 Å². The molecule has 2 rings (SSSR count). The molecule has 120 valence electrons. The second-order valence-corrected chi connectivity index (χ2v) is 5.80. The normalized spacial score (nSPS) is 16.6. The highest BCUT2D eigenvalue weighted by Gasteiger charge is 2.37. The van der Waals surface area contributed by atoms with Gasteiger partial charge in [0, 0.05) is 6.42 Å². The average Bonchev–Trinajstić information content (AvgIpc) is 3.35. The maximum Gasteiger partial charge on any atom is 0.326 e. The van der Waals surface area contributed by atoms with Crippen LogP contribution in [0.15, 0.2) is 24.3 Å². The van der Waals surface area contributed by atoms with E-state index in [1.165, 1.54) is 0 Å². The van der Waals surface area contributed by atoms with E-state index in [1.807, 2.05) is 31.2 Å². The highest BCUT2D eigenvalue weighted by atomic mass is 16.5. The molecule has 2 atom stereocenters. The third kappa shape index (κ3) is 4.23. The van der Waals surface area contributed by atoms with E-state index >= 15 is 0 Å². The van der Waals surface area contributed by atoms with Crippen LogP contribution in [0.25, 0.3) is 0 Å². The second-order valence-electron chi connectivity index (χ2n) is 5.80. The monoisotopic (exact) mass is 305 g/mol. The van der Waals surface area contributed by atoms with Gasteiger partial charge < -0.3 is 15.2 Å². The van der Waals surface area contributed by atoms with Gasteiger partial charge in [0.15, 0.2) is 0 Å². The quantitative estimate of drug-likeness (QED) is 0.774. The van der Waals surface area contributed by atoms with Crippen LogP contribution in [-0.2, 0) is 9.59 Å². The van der Waals surface area contributed by atoms with Crippen LogP contribution in [0.2, 0.25) is 0 Å². The lowest BCUT2D eigenvalue weighted by Gasteiger charge is -2.18. The van der Waals surface area contributed by atoms with Gasteiger partial charge in [0.1, 0.15) is 11.8 Å². The molecule has 0 aromatic heterocycles. The fraction of sp³-hybridized carbons (Fsp3) is 0.529. The molecule has 2 N–H and O–H groups in total. The minimum atomic E-state index is -0.937. The first-order valence-corrected chi connectivity index (χ1v) is 7.71. The summed E-state index contributed by atoms with van der Waals surface area (Å²) in [5, 5.41) is 11.8. The van der Waals surface area contributed by atoms with Crippen LogP contribution in [0.1, 0.15) is 44.1 Å². The number of benzene rings is 1. The Morgan fingerprint density at radius 3 is 2.41 bits per heavy atom. The maximum atomic E-state index is 12.2. The molecule has 5 nitrogen and oxygen atoms in total. The molecule has 1 aliphatic carbocycles. The Balaban J connectivity index is 1.96. The smallest absolute Gasteiger partial charge is 0.326 e.